The van der Waals surface area contributed by atoms with Gasteiger partial charge in [-0.25, -0.2) is 0 Å². The van der Waals surface area contributed by atoms with Crippen LogP contribution in [0.5, 0.6) is 0 Å². The molecule has 2 aromatic rings. The Kier molecular flexibility index (Phi) is 4.66. The van der Waals surface area contributed by atoms with Crippen molar-refractivity contribution in [2.24, 2.45) is 21.7 Å². The summed E-state index contributed by atoms with van der Waals surface area (Å²) in [5.74, 6) is -0.132. The van der Waals surface area contributed by atoms with Crippen LogP contribution in [0.3, 0.4) is 0 Å². The van der Waals surface area contributed by atoms with E-state index in [0.717, 1.165) is 5.69 Å². The maximum Gasteiger partial charge on any atom is 0.293 e. The second-order valence-corrected chi connectivity index (χ2v) is 4.20. The molecule has 0 aliphatic heterocycles. The van der Waals surface area contributed by atoms with E-state index in [1.807, 2.05) is 6.07 Å². The first-order valence-electron chi connectivity index (χ1n) is 6.29. The van der Waals surface area contributed by atoms with Gasteiger partial charge in [-0.05, 0) is 30.4 Å². The molecule has 8 heteroatoms. The fraction of sp³-hybridized carbons (Fsp3) is 0. The van der Waals surface area contributed by atoms with Crippen LogP contribution in [0, 0.1) is 10.1 Å². The van der Waals surface area contributed by atoms with E-state index in [0.29, 0.717) is 5.69 Å². The molecular weight excluding hydrogens is 284 g/mol. The van der Waals surface area contributed by atoms with E-state index in [1.165, 1.54) is 12.3 Å². The van der Waals surface area contributed by atoms with Gasteiger partial charge in [-0.2, -0.15) is 5.10 Å². The van der Waals surface area contributed by atoms with Crippen molar-refractivity contribution in [3.63, 3.8) is 0 Å². The lowest BCUT2D eigenvalue weighted by Gasteiger charge is -2.06. The van der Waals surface area contributed by atoms with Crippen molar-refractivity contribution < 1.29 is 4.92 Å². The summed E-state index contributed by atoms with van der Waals surface area (Å²) in [7, 11) is 0. The molecule has 0 saturated carbocycles. The number of para-hydroxylation sites is 2. The Morgan fingerprint density at radius 2 is 2.00 bits per heavy atom. The molecule has 0 atom stereocenters. The molecule has 1 aromatic heterocycles. The highest BCUT2D eigenvalue weighted by molar-refractivity contribution is 5.80. The van der Waals surface area contributed by atoms with Crippen LogP contribution < -0.4 is 11.5 Å². The van der Waals surface area contributed by atoms with E-state index in [-0.39, 0.29) is 11.6 Å². The number of hydrogen-bond acceptors (Lipinski definition) is 4. The fourth-order valence-electron chi connectivity index (χ4n) is 1.85. The van der Waals surface area contributed by atoms with E-state index in [9.17, 15) is 10.1 Å². The first-order chi connectivity index (χ1) is 10.6. The van der Waals surface area contributed by atoms with Crippen LogP contribution in [0.2, 0.25) is 0 Å². The molecule has 0 aliphatic carbocycles. The summed E-state index contributed by atoms with van der Waals surface area (Å²) in [6.07, 6.45) is 6.53. The highest BCUT2D eigenvalue weighted by Crippen LogP contribution is 2.24. The summed E-state index contributed by atoms with van der Waals surface area (Å²) < 4.78 is 1.71. The van der Waals surface area contributed by atoms with Crippen molar-refractivity contribution in [3.05, 3.63) is 64.5 Å². The average molecular weight is 298 g/mol. The first kappa shape index (κ1) is 15.0. The molecule has 0 unspecified atom stereocenters. The number of allylic oxidation sites excluding steroid dienone is 1. The van der Waals surface area contributed by atoms with Gasteiger partial charge in [0.25, 0.3) is 5.69 Å². The van der Waals surface area contributed by atoms with Gasteiger partial charge in [0.15, 0.2) is 0 Å². The lowest BCUT2D eigenvalue weighted by molar-refractivity contribution is -0.384. The second-order valence-electron chi connectivity index (χ2n) is 4.20. The molecule has 0 amide bonds. The Morgan fingerprint density at radius 3 is 2.73 bits per heavy atom. The topological polar surface area (TPSA) is 125 Å². The molecule has 0 bridgehead atoms. The van der Waals surface area contributed by atoms with Crippen LogP contribution in [-0.4, -0.2) is 21.7 Å². The average Bonchev–Trinajstić information content (AvgIpc) is 2.94. The quantitative estimate of drug-likeness (QED) is 0.377. The van der Waals surface area contributed by atoms with Crippen LogP contribution in [0.4, 0.5) is 5.69 Å². The number of hydrogen-bond donors (Lipinski definition) is 2. The number of aromatic nitrogens is 1. The van der Waals surface area contributed by atoms with Crippen LogP contribution in [0.15, 0.2) is 58.9 Å². The fourth-order valence-corrected chi connectivity index (χ4v) is 1.85. The number of guanidine groups is 1. The van der Waals surface area contributed by atoms with Gasteiger partial charge in [0.05, 0.1) is 4.92 Å². The third-order valence-electron chi connectivity index (χ3n) is 2.71. The third-order valence-corrected chi connectivity index (χ3v) is 2.71. The summed E-state index contributed by atoms with van der Waals surface area (Å²) in [5, 5.41) is 18.2. The standard InChI is InChI=1S/C14H14N6O2/c15-14(16)18-17-9-3-5-11-6-4-10-19(11)12-7-1-2-8-13(12)20(21)22/h1-10H,(H4,15,16,18)/b5-3?,17-9-. The number of nitro groups is 1. The van der Waals surface area contributed by atoms with Crippen LogP contribution in [-0.2, 0) is 0 Å². The Hall–Kier alpha value is -3.42. The van der Waals surface area contributed by atoms with Crippen molar-refractivity contribution >= 4 is 23.9 Å². The van der Waals surface area contributed by atoms with Crippen LogP contribution in [0.25, 0.3) is 11.8 Å². The maximum absolute atomic E-state index is 11.1. The molecule has 8 nitrogen and oxygen atoms in total. The van der Waals surface area contributed by atoms with Crippen LogP contribution >= 0.6 is 0 Å². The Balaban J connectivity index is 2.31. The zero-order valence-electron chi connectivity index (χ0n) is 11.5. The third kappa shape index (κ3) is 3.57. The SMILES string of the molecule is NC(N)=N/N=C\C=Cc1cccn1-c1ccccc1[N+](=O)[O-]. The predicted molar refractivity (Wildman–Crippen MR) is 85.8 cm³/mol. The Labute approximate surface area is 126 Å². The number of nitrogens with zero attached hydrogens (tertiary/aromatic N) is 4. The highest BCUT2D eigenvalue weighted by atomic mass is 16.6. The molecule has 2 rings (SSSR count). The van der Waals surface area contributed by atoms with E-state index in [2.05, 4.69) is 10.2 Å². The number of rotatable bonds is 5. The minimum atomic E-state index is -0.414. The molecule has 22 heavy (non-hydrogen) atoms. The number of nitro benzene ring substituents is 1. The summed E-state index contributed by atoms with van der Waals surface area (Å²) in [6.45, 7) is 0. The smallest absolute Gasteiger partial charge is 0.293 e. The van der Waals surface area contributed by atoms with Gasteiger partial charge >= 0.3 is 0 Å². The van der Waals surface area contributed by atoms with Gasteiger partial charge in [0.2, 0.25) is 5.96 Å². The van der Waals surface area contributed by atoms with Gasteiger partial charge in [-0.15, -0.1) is 5.10 Å². The maximum atomic E-state index is 11.1. The minimum Gasteiger partial charge on any atom is -0.369 e. The molecule has 0 aliphatic rings. The predicted octanol–water partition coefficient (Wildman–Crippen LogP) is 1.66. The largest absolute Gasteiger partial charge is 0.369 e. The number of benzene rings is 1. The zero-order chi connectivity index (χ0) is 15.9. The highest BCUT2D eigenvalue weighted by Gasteiger charge is 2.14. The van der Waals surface area contributed by atoms with Crippen molar-refractivity contribution in [2.45, 2.75) is 0 Å². The summed E-state index contributed by atoms with van der Waals surface area (Å²) in [4.78, 5) is 10.7. The van der Waals surface area contributed by atoms with Gasteiger partial charge in [-0.1, -0.05) is 12.1 Å². The lowest BCUT2D eigenvalue weighted by Crippen LogP contribution is -2.21. The zero-order valence-corrected chi connectivity index (χ0v) is 11.5. The molecule has 1 aromatic carbocycles. The van der Waals surface area contributed by atoms with E-state index in [1.54, 1.807) is 47.2 Å². The van der Waals surface area contributed by atoms with Crippen molar-refractivity contribution in [1.82, 2.24) is 4.57 Å². The first-order valence-corrected chi connectivity index (χ1v) is 6.29. The molecule has 0 fully saturated rings. The normalized spacial score (nSPS) is 11.1. The van der Waals surface area contributed by atoms with Gasteiger partial charge < -0.3 is 16.0 Å². The van der Waals surface area contributed by atoms with Crippen molar-refractivity contribution in [3.8, 4) is 5.69 Å². The molecular formula is C14H14N6O2. The second kappa shape index (κ2) is 6.84. The Morgan fingerprint density at radius 1 is 1.23 bits per heavy atom. The van der Waals surface area contributed by atoms with E-state index >= 15 is 0 Å². The number of nitrogens with two attached hydrogens (primary N) is 2. The molecule has 0 spiro atoms. The van der Waals surface area contributed by atoms with E-state index in [4.69, 9.17) is 11.5 Å². The van der Waals surface area contributed by atoms with Crippen molar-refractivity contribution in [1.29, 1.82) is 0 Å². The molecule has 1 heterocycles. The molecule has 0 radical (unpaired) electrons. The summed E-state index contributed by atoms with van der Waals surface area (Å²) in [5.41, 5.74) is 11.5. The van der Waals surface area contributed by atoms with Crippen molar-refractivity contribution in [2.75, 3.05) is 0 Å². The summed E-state index contributed by atoms with van der Waals surface area (Å²) in [6, 6.07) is 10.1. The lowest BCUT2D eigenvalue weighted by atomic mass is 10.2. The molecule has 112 valence electrons. The molecule has 0 saturated heterocycles. The monoisotopic (exact) mass is 298 g/mol. The van der Waals surface area contributed by atoms with Gasteiger partial charge in [0, 0.05) is 24.2 Å². The Bertz CT molecular complexity index is 756. The summed E-state index contributed by atoms with van der Waals surface area (Å²) >= 11 is 0. The van der Waals surface area contributed by atoms with Gasteiger partial charge in [-0.3, -0.25) is 10.1 Å². The van der Waals surface area contributed by atoms with Gasteiger partial charge in [0.1, 0.15) is 5.69 Å². The molecule has 4 N–H and O–H groups in total. The van der Waals surface area contributed by atoms with E-state index < -0.39 is 4.92 Å². The minimum absolute atomic E-state index is 0.0301. The van der Waals surface area contributed by atoms with Crippen LogP contribution in [0.1, 0.15) is 5.69 Å².